The fourth-order valence-corrected chi connectivity index (χ4v) is 2.26. The van der Waals surface area contributed by atoms with Crippen molar-refractivity contribution >= 4 is 17.2 Å². The molecule has 0 bridgehead atoms. The number of rotatable bonds is 5. The maximum atomic E-state index is 12.2. The van der Waals surface area contributed by atoms with Crippen LogP contribution < -0.4 is 0 Å². The Morgan fingerprint density at radius 3 is 3.00 bits per heavy atom. The Morgan fingerprint density at radius 1 is 1.50 bits per heavy atom. The van der Waals surface area contributed by atoms with E-state index < -0.39 is 0 Å². The van der Waals surface area contributed by atoms with Crippen LogP contribution >= 0.6 is 11.3 Å². The second-order valence-electron chi connectivity index (χ2n) is 3.64. The molecule has 0 saturated carbocycles. The summed E-state index contributed by atoms with van der Waals surface area (Å²) in [6.45, 7) is 4.74. The number of carbonyl (C=O) groups excluding carboxylic acids is 1. The number of hydrogen-bond donors (Lipinski definition) is 0. The van der Waals surface area contributed by atoms with Gasteiger partial charge in [0, 0.05) is 23.8 Å². The molecule has 0 unspecified atom stereocenters. The van der Waals surface area contributed by atoms with Crippen LogP contribution in [-0.4, -0.2) is 27.3 Å². The molecule has 2 aromatic rings. The van der Waals surface area contributed by atoms with Crippen molar-refractivity contribution in [3.8, 4) is 0 Å². The van der Waals surface area contributed by atoms with E-state index in [-0.39, 0.29) is 5.91 Å². The molecule has 0 aliphatic rings. The van der Waals surface area contributed by atoms with Gasteiger partial charge < -0.3 is 4.90 Å². The molecular formula is C13H13N3OS. The van der Waals surface area contributed by atoms with Crippen LogP contribution in [0, 0.1) is 0 Å². The molecule has 2 rings (SSSR count). The standard InChI is InChI=1S/C13H13N3OS/c1-2-7-16(10-11-4-3-8-18-11)13(17)12-9-14-5-6-15-12/h2-6,8-9H,1,7,10H2. The first-order valence-electron chi connectivity index (χ1n) is 5.50. The average molecular weight is 259 g/mol. The monoisotopic (exact) mass is 259 g/mol. The van der Waals surface area contributed by atoms with Crippen LogP contribution in [0.25, 0.3) is 0 Å². The molecule has 0 atom stereocenters. The fraction of sp³-hybridized carbons (Fsp3) is 0.154. The largest absolute Gasteiger partial charge is 0.328 e. The van der Waals surface area contributed by atoms with Crippen molar-refractivity contribution in [2.45, 2.75) is 6.54 Å². The summed E-state index contributed by atoms with van der Waals surface area (Å²) in [5, 5.41) is 1.99. The normalized spacial score (nSPS) is 10.0. The fourth-order valence-electron chi connectivity index (χ4n) is 1.54. The lowest BCUT2D eigenvalue weighted by atomic mass is 10.3. The molecule has 0 aliphatic carbocycles. The smallest absolute Gasteiger partial charge is 0.274 e. The van der Waals surface area contributed by atoms with Crippen LogP contribution in [0.3, 0.4) is 0 Å². The third kappa shape index (κ3) is 3.01. The van der Waals surface area contributed by atoms with Crippen molar-refractivity contribution in [2.75, 3.05) is 6.54 Å². The van der Waals surface area contributed by atoms with Gasteiger partial charge in [0.1, 0.15) is 5.69 Å². The van der Waals surface area contributed by atoms with E-state index in [2.05, 4.69) is 16.5 Å². The molecule has 4 nitrogen and oxygen atoms in total. The molecule has 0 spiro atoms. The number of aromatic nitrogens is 2. The van der Waals surface area contributed by atoms with Gasteiger partial charge in [0.25, 0.3) is 5.91 Å². The number of carbonyl (C=O) groups is 1. The second kappa shape index (κ2) is 6.07. The summed E-state index contributed by atoms with van der Waals surface area (Å²) >= 11 is 1.63. The maximum Gasteiger partial charge on any atom is 0.274 e. The van der Waals surface area contributed by atoms with Gasteiger partial charge in [-0.25, -0.2) is 4.98 Å². The molecule has 0 aliphatic heterocycles. The highest BCUT2D eigenvalue weighted by molar-refractivity contribution is 7.09. The Balaban J connectivity index is 2.14. The molecule has 0 N–H and O–H groups in total. The van der Waals surface area contributed by atoms with Crippen molar-refractivity contribution < 1.29 is 4.79 Å². The van der Waals surface area contributed by atoms with E-state index in [4.69, 9.17) is 0 Å². The summed E-state index contributed by atoms with van der Waals surface area (Å²) in [4.78, 5) is 23.0. The van der Waals surface area contributed by atoms with Gasteiger partial charge in [0.2, 0.25) is 0 Å². The van der Waals surface area contributed by atoms with E-state index in [1.807, 2.05) is 17.5 Å². The first kappa shape index (κ1) is 12.4. The van der Waals surface area contributed by atoms with Gasteiger partial charge >= 0.3 is 0 Å². The van der Waals surface area contributed by atoms with Gasteiger partial charge in [-0.2, -0.15) is 0 Å². The van der Waals surface area contributed by atoms with Crippen LogP contribution in [0.5, 0.6) is 0 Å². The first-order valence-corrected chi connectivity index (χ1v) is 6.38. The predicted molar refractivity (Wildman–Crippen MR) is 71.3 cm³/mol. The average Bonchev–Trinajstić information content (AvgIpc) is 2.91. The van der Waals surface area contributed by atoms with Crippen molar-refractivity contribution in [3.05, 3.63) is 59.3 Å². The van der Waals surface area contributed by atoms with Crippen LogP contribution in [0.1, 0.15) is 15.4 Å². The lowest BCUT2D eigenvalue weighted by Gasteiger charge is -2.19. The van der Waals surface area contributed by atoms with Gasteiger partial charge in [-0.3, -0.25) is 9.78 Å². The van der Waals surface area contributed by atoms with Gasteiger partial charge in [0.05, 0.1) is 12.7 Å². The van der Waals surface area contributed by atoms with Gasteiger partial charge in [-0.1, -0.05) is 12.1 Å². The van der Waals surface area contributed by atoms with Crippen molar-refractivity contribution in [2.24, 2.45) is 0 Å². The molecule has 0 radical (unpaired) electrons. The highest BCUT2D eigenvalue weighted by Gasteiger charge is 2.16. The molecule has 18 heavy (non-hydrogen) atoms. The zero-order valence-corrected chi connectivity index (χ0v) is 10.6. The molecular weight excluding hydrogens is 246 g/mol. The molecule has 1 amide bonds. The Hall–Kier alpha value is -2.01. The van der Waals surface area contributed by atoms with Crippen LogP contribution in [0.15, 0.2) is 48.8 Å². The zero-order chi connectivity index (χ0) is 12.8. The predicted octanol–water partition coefficient (Wildman–Crippen LogP) is 2.37. The third-order valence-corrected chi connectivity index (χ3v) is 3.21. The maximum absolute atomic E-state index is 12.2. The van der Waals surface area contributed by atoms with Gasteiger partial charge in [0.15, 0.2) is 0 Å². The Labute approximate surface area is 110 Å². The number of thiophene rings is 1. The minimum Gasteiger partial charge on any atom is -0.328 e. The first-order chi connectivity index (χ1) is 8.81. The summed E-state index contributed by atoms with van der Waals surface area (Å²) in [7, 11) is 0. The van der Waals surface area contributed by atoms with E-state index >= 15 is 0 Å². The summed E-state index contributed by atoms with van der Waals surface area (Å²) in [5.41, 5.74) is 0.357. The van der Waals surface area contributed by atoms with Crippen LogP contribution in [0.2, 0.25) is 0 Å². The van der Waals surface area contributed by atoms with Crippen molar-refractivity contribution in [3.63, 3.8) is 0 Å². The van der Waals surface area contributed by atoms with Crippen molar-refractivity contribution in [1.82, 2.24) is 14.9 Å². The summed E-state index contributed by atoms with van der Waals surface area (Å²) in [5.74, 6) is -0.128. The molecule has 0 saturated heterocycles. The molecule has 92 valence electrons. The van der Waals surface area contributed by atoms with E-state index in [0.29, 0.717) is 18.8 Å². The lowest BCUT2D eigenvalue weighted by molar-refractivity contribution is 0.0758. The minimum atomic E-state index is -0.128. The lowest BCUT2D eigenvalue weighted by Crippen LogP contribution is -2.31. The zero-order valence-electron chi connectivity index (χ0n) is 9.82. The van der Waals surface area contributed by atoms with Gasteiger partial charge in [-0.15, -0.1) is 17.9 Å². The SMILES string of the molecule is C=CCN(Cc1cccs1)C(=O)c1cnccn1. The quantitative estimate of drug-likeness (QED) is 0.774. The highest BCUT2D eigenvalue weighted by atomic mass is 32.1. The van der Waals surface area contributed by atoms with Crippen molar-refractivity contribution in [1.29, 1.82) is 0 Å². The van der Waals surface area contributed by atoms with Crippen LogP contribution in [-0.2, 0) is 6.54 Å². The second-order valence-corrected chi connectivity index (χ2v) is 4.68. The number of nitrogens with zero attached hydrogens (tertiary/aromatic N) is 3. The summed E-state index contributed by atoms with van der Waals surface area (Å²) in [6.07, 6.45) is 6.26. The molecule has 5 heteroatoms. The Kier molecular flexibility index (Phi) is 4.20. The molecule has 2 aromatic heterocycles. The minimum absolute atomic E-state index is 0.128. The van der Waals surface area contributed by atoms with E-state index in [0.717, 1.165) is 4.88 Å². The summed E-state index contributed by atoms with van der Waals surface area (Å²) in [6, 6.07) is 3.98. The Morgan fingerprint density at radius 2 is 2.39 bits per heavy atom. The number of amides is 1. The van der Waals surface area contributed by atoms with E-state index in [9.17, 15) is 4.79 Å². The van der Waals surface area contributed by atoms with E-state index in [1.165, 1.54) is 12.4 Å². The highest BCUT2D eigenvalue weighted by Crippen LogP contribution is 2.13. The number of hydrogen-bond acceptors (Lipinski definition) is 4. The molecule has 2 heterocycles. The van der Waals surface area contributed by atoms with Gasteiger partial charge in [-0.05, 0) is 11.4 Å². The summed E-state index contributed by atoms with van der Waals surface area (Å²) < 4.78 is 0. The topological polar surface area (TPSA) is 46.1 Å². The Bertz CT molecular complexity index is 510. The molecule has 0 aromatic carbocycles. The van der Waals surface area contributed by atoms with Crippen LogP contribution in [0.4, 0.5) is 0 Å². The van der Waals surface area contributed by atoms with E-state index in [1.54, 1.807) is 28.5 Å². The molecule has 0 fully saturated rings. The third-order valence-electron chi connectivity index (χ3n) is 2.35.